The standard InChI is InChI=1S/C16H23FN2O/c1-9-4-5-13(17)7-12(9)8-14-15(16(18)20)10(2)6-11(3)19-14/h4-5,7,10-11,14-15,19H,6,8H2,1-3H3,(H2,18,20). The second-order valence-electron chi connectivity index (χ2n) is 6.09. The Morgan fingerprint density at radius 1 is 1.45 bits per heavy atom. The summed E-state index contributed by atoms with van der Waals surface area (Å²) in [6.45, 7) is 6.14. The molecule has 1 aliphatic rings. The first-order valence-corrected chi connectivity index (χ1v) is 7.19. The van der Waals surface area contributed by atoms with Crippen molar-refractivity contribution in [3.05, 3.63) is 35.1 Å². The molecule has 1 fully saturated rings. The van der Waals surface area contributed by atoms with Crippen LogP contribution in [0.3, 0.4) is 0 Å². The van der Waals surface area contributed by atoms with E-state index in [4.69, 9.17) is 5.73 Å². The second-order valence-corrected chi connectivity index (χ2v) is 6.09. The molecule has 3 N–H and O–H groups in total. The lowest BCUT2D eigenvalue weighted by molar-refractivity contribution is -0.125. The number of aryl methyl sites for hydroxylation is 1. The summed E-state index contributed by atoms with van der Waals surface area (Å²) in [5, 5.41) is 3.45. The molecular formula is C16H23FN2O. The van der Waals surface area contributed by atoms with Crippen molar-refractivity contribution in [3.63, 3.8) is 0 Å². The average molecular weight is 278 g/mol. The van der Waals surface area contributed by atoms with Gasteiger partial charge in [-0.3, -0.25) is 4.79 Å². The fraction of sp³-hybridized carbons (Fsp3) is 0.562. The molecule has 20 heavy (non-hydrogen) atoms. The van der Waals surface area contributed by atoms with E-state index in [9.17, 15) is 9.18 Å². The number of carbonyl (C=O) groups is 1. The summed E-state index contributed by atoms with van der Waals surface area (Å²) in [7, 11) is 0. The van der Waals surface area contributed by atoms with Gasteiger partial charge in [0.1, 0.15) is 5.82 Å². The van der Waals surface area contributed by atoms with E-state index in [1.54, 1.807) is 12.1 Å². The van der Waals surface area contributed by atoms with Gasteiger partial charge < -0.3 is 11.1 Å². The van der Waals surface area contributed by atoms with Gasteiger partial charge in [0.15, 0.2) is 0 Å². The van der Waals surface area contributed by atoms with Gasteiger partial charge in [-0.2, -0.15) is 0 Å². The Bertz CT molecular complexity index is 503. The number of nitrogens with one attached hydrogen (secondary N) is 1. The zero-order chi connectivity index (χ0) is 14.9. The Morgan fingerprint density at radius 2 is 2.15 bits per heavy atom. The number of halogens is 1. The third-order valence-electron chi connectivity index (χ3n) is 4.35. The lowest BCUT2D eigenvalue weighted by Crippen LogP contribution is -2.55. The van der Waals surface area contributed by atoms with Crippen molar-refractivity contribution in [1.29, 1.82) is 0 Å². The molecule has 0 radical (unpaired) electrons. The van der Waals surface area contributed by atoms with Gasteiger partial charge in [0.2, 0.25) is 5.91 Å². The number of amides is 1. The minimum Gasteiger partial charge on any atom is -0.369 e. The van der Waals surface area contributed by atoms with Crippen molar-refractivity contribution >= 4 is 5.91 Å². The van der Waals surface area contributed by atoms with Gasteiger partial charge in [0.25, 0.3) is 0 Å². The minimum absolute atomic E-state index is 0.0215. The molecule has 110 valence electrons. The topological polar surface area (TPSA) is 55.1 Å². The Morgan fingerprint density at radius 3 is 2.80 bits per heavy atom. The lowest BCUT2D eigenvalue weighted by atomic mass is 9.76. The molecule has 1 heterocycles. The summed E-state index contributed by atoms with van der Waals surface area (Å²) in [5.41, 5.74) is 7.55. The van der Waals surface area contributed by atoms with Crippen LogP contribution >= 0.6 is 0 Å². The summed E-state index contributed by atoms with van der Waals surface area (Å²) in [5.74, 6) is -0.453. The first kappa shape index (κ1) is 15.0. The maximum Gasteiger partial charge on any atom is 0.222 e. The van der Waals surface area contributed by atoms with E-state index >= 15 is 0 Å². The van der Waals surface area contributed by atoms with Crippen molar-refractivity contribution < 1.29 is 9.18 Å². The highest BCUT2D eigenvalue weighted by atomic mass is 19.1. The number of hydrogen-bond donors (Lipinski definition) is 2. The molecule has 0 bridgehead atoms. The third-order valence-corrected chi connectivity index (χ3v) is 4.35. The Kier molecular flexibility index (Phi) is 4.43. The maximum atomic E-state index is 13.4. The van der Waals surface area contributed by atoms with E-state index in [-0.39, 0.29) is 29.6 Å². The largest absolute Gasteiger partial charge is 0.369 e. The van der Waals surface area contributed by atoms with Gasteiger partial charge in [-0.25, -0.2) is 4.39 Å². The van der Waals surface area contributed by atoms with Crippen LogP contribution in [-0.4, -0.2) is 18.0 Å². The van der Waals surface area contributed by atoms with Gasteiger partial charge in [-0.1, -0.05) is 13.0 Å². The molecule has 4 atom stereocenters. The van der Waals surface area contributed by atoms with Gasteiger partial charge in [0, 0.05) is 12.1 Å². The zero-order valence-electron chi connectivity index (χ0n) is 12.3. The number of benzene rings is 1. The van der Waals surface area contributed by atoms with E-state index in [0.29, 0.717) is 12.5 Å². The second kappa shape index (κ2) is 5.92. The van der Waals surface area contributed by atoms with Crippen molar-refractivity contribution in [3.8, 4) is 0 Å². The number of hydrogen-bond acceptors (Lipinski definition) is 2. The first-order chi connectivity index (χ1) is 9.38. The van der Waals surface area contributed by atoms with Crippen LogP contribution in [0.1, 0.15) is 31.4 Å². The summed E-state index contributed by atoms with van der Waals surface area (Å²) in [6, 6.07) is 5.12. The van der Waals surface area contributed by atoms with Crippen LogP contribution in [0.5, 0.6) is 0 Å². The Hall–Kier alpha value is -1.42. The summed E-state index contributed by atoms with van der Waals surface area (Å²) < 4.78 is 13.4. The number of piperidine rings is 1. The Labute approximate surface area is 119 Å². The smallest absolute Gasteiger partial charge is 0.222 e. The van der Waals surface area contributed by atoms with Crippen LogP contribution in [0.2, 0.25) is 0 Å². The Balaban J connectivity index is 2.24. The van der Waals surface area contributed by atoms with E-state index in [1.807, 2.05) is 6.92 Å². The van der Waals surface area contributed by atoms with Crippen molar-refractivity contribution in [1.82, 2.24) is 5.32 Å². The molecule has 1 saturated heterocycles. The van der Waals surface area contributed by atoms with E-state index < -0.39 is 0 Å². The van der Waals surface area contributed by atoms with Crippen LogP contribution in [0.25, 0.3) is 0 Å². The maximum absolute atomic E-state index is 13.4. The number of carbonyl (C=O) groups excluding carboxylic acids is 1. The summed E-state index contributed by atoms with van der Waals surface area (Å²) >= 11 is 0. The highest BCUT2D eigenvalue weighted by molar-refractivity contribution is 5.78. The van der Waals surface area contributed by atoms with Gasteiger partial charge >= 0.3 is 0 Å². The SMILES string of the molecule is Cc1ccc(F)cc1CC1NC(C)CC(C)C1C(N)=O. The predicted octanol–water partition coefficient (Wildman–Crippen LogP) is 2.16. The van der Waals surface area contributed by atoms with Gasteiger partial charge in [0.05, 0.1) is 5.92 Å². The molecular weight excluding hydrogens is 255 g/mol. The number of nitrogens with two attached hydrogens (primary N) is 1. The molecule has 1 aromatic rings. The monoisotopic (exact) mass is 278 g/mol. The molecule has 1 aliphatic heterocycles. The molecule has 0 aromatic heterocycles. The molecule has 3 nitrogen and oxygen atoms in total. The van der Waals surface area contributed by atoms with E-state index in [0.717, 1.165) is 17.5 Å². The molecule has 1 aromatic carbocycles. The quantitative estimate of drug-likeness (QED) is 0.890. The van der Waals surface area contributed by atoms with Gasteiger partial charge in [-0.15, -0.1) is 0 Å². The molecule has 4 heteroatoms. The minimum atomic E-state index is -0.268. The van der Waals surface area contributed by atoms with Crippen molar-refractivity contribution in [2.75, 3.05) is 0 Å². The predicted molar refractivity (Wildman–Crippen MR) is 77.7 cm³/mol. The molecule has 0 saturated carbocycles. The first-order valence-electron chi connectivity index (χ1n) is 7.19. The molecule has 2 rings (SSSR count). The highest BCUT2D eigenvalue weighted by Crippen LogP contribution is 2.29. The molecule has 1 amide bonds. The fourth-order valence-electron chi connectivity index (χ4n) is 3.40. The van der Waals surface area contributed by atoms with Crippen LogP contribution in [-0.2, 0) is 11.2 Å². The van der Waals surface area contributed by atoms with Crippen LogP contribution in [0, 0.1) is 24.6 Å². The highest BCUT2D eigenvalue weighted by Gasteiger charge is 2.37. The lowest BCUT2D eigenvalue weighted by Gasteiger charge is -2.39. The van der Waals surface area contributed by atoms with Crippen molar-refractivity contribution in [2.45, 2.75) is 45.7 Å². The zero-order valence-corrected chi connectivity index (χ0v) is 12.3. The van der Waals surface area contributed by atoms with E-state index in [2.05, 4.69) is 19.2 Å². The number of rotatable bonds is 3. The molecule has 0 aliphatic carbocycles. The molecule has 0 spiro atoms. The van der Waals surface area contributed by atoms with Crippen LogP contribution < -0.4 is 11.1 Å². The molecule has 4 unspecified atom stereocenters. The third kappa shape index (κ3) is 3.18. The van der Waals surface area contributed by atoms with Crippen LogP contribution in [0.15, 0.2) is 18.2 Å². The average Bonchev–Trinajstić information content (AvgIpc) is 2.32. The van der Waals surface area contributed by atoms with Crippen molar-refractivity contribution in [2.24, 2.45) is 17.6 Å². The number of primary amides is 1. The normalized spacial score (nSPS) is 30.2. The van der Waals surface area contributed by atoms with E-state index in [1.165, 1.54) is 6.07 Å². The fourth-order valence-corrected chi connectivity index (χ4v) is 3.40. The summed E-state index contributed by atoms with van der Waals surface area (Å²) in [6.07, 6.45) is 1.57. The van der Waals surface area contributed by atoms with Gasteiger partial charge in [-0.05, 0) is 55.9 Å². The van der Waals surface area contributed by atoms with Crippen LogP contribution in [0.4, 0.5) is 4.39 Å². The summed E-state index contributed by atoms with van der Waals surface area (Å²) in [4.78, 5) is 11.7.